The zero-order valence-corrected chi connectivity index (χ0v) is 14.9. The molecule has 0 atom stereocenters. The molecule has 3 rings (SSSR count). The second kappa shape index (κ2) is 7.47. The Morgan fingerprint density at radius 3 is 2.50 bits per heavy atom. The van der Waals surface area contributed by atoms with Crippen LogP contribution < -0.4 is 4.74 Å². The molecule has 0 spiro atoms. The summed E-state index contributed by atoms with van der Waals surface area (Å²) in [6.07, 6.45) is 0. The molecule has 0 radical (unpaired) electrons. The lowest BCUT2D eigenvalue weighted by molar-refractivity contribution is 0.0944. The van der Waals surface area contributed by atoms with Gasteiger partial charge in [-0.1, -0.05) is 38.1 Å². The summed E-state index contributed by atoms with van der Waals surface area (Å²) in [6.45, 7) is 6.42. The summed E-state index contributed by atoms with van der Waals surface area (Å²) < 4.78 is 20.0. The quantitative estimate of drug-likeness (QED) is 0.692. The van der Waals surface area contributed by atoms with E-state index in [0.29, 0.717) is 23.9 Å². The average Bonchev–Trinajstić information content (AvgIpc) is 3.04. The van der Waals surface area contributed by atoms with E-state index in [9.17, 15) is 9.18 Å². The number of benzene rings is 2. The van der Waals surface area contributed by atoms with E-state index in [0.717, 1.165) is 11.1 Å². The third kappa shape index (κ3) is 3.79. The minimum atomic E-state index is -0.403. The van der Waals surface area contributed by atoms with Gasteiger partial charge in [-0.3, -0.25) is 4.79 Å². The van der Waals surface area contributed by atoms with Crippen molar-refractivity contribution in [3.05, 3.63) is 65.5 Å². The maximum Gasteiger partial charge on any atom is 0.336 e. The molecular weight excluding hydrogens is 333 g/mol. The number of rotatable bonds is 5. The highest BCUT2D eigenvalue weighted by atomic mass is 19.1. The van der Waals surface area contributed by atoms with E-state index in [1.807, 2.05) is 45.0 Å². The largest absolute Gasteiger partial charge is 0.462 e. The highest BCUT2D eigenvalue weighted by molar-refractivity contribution is 5.97. The summed E-state index contributed by atoms with van der Waals surface area (Å²) >= 11 is 0. The van der Waals surface area contributed by atoms with Crippen LogP contribution in [0.1, 0.15) is 29.8 Å². The molecule has 3 aromatic rings. The number of carbonyl (C=O) groups is 1. The summed E-state index contributed by atoms with van der Waals surface area (Å²) in [7, 11) is 0. The number of ether oxygens (including phenoxy) is 1. The van der Waals surface area contributed by atoms with Crippen molar-refractivity contribution in [2.75, 3.05) is 6.61 Å². The number of carbonyl (C=O) groups excluding carboxylic acids is 1. The van der Waals surface area contributed by atoms with E-state index < -0.39 is 11.7 Å². The molecule has 0 aliphatic carbocycles. The van der Waals surface area contributed by atoms with E-state index in [1.165, 1.54) is 28.9 Å². The van der Waals surface area contributed by atoms with Crippen LogP contribution in [0.5, 0.6) is 6.01 Å². The molecule has 0 amide bonds. The zero-order valence-electron chi connectivity index (χ0n) is 14.9. The van der Waals surface area contributed by atoms with Crippen LogP contribution in [0.4, 0.5) is 4.39 Å². The predicted molar refractivity (Wildman–Crippen MR) is 96.7 cm³/mol. The van der Waals surface area contributed by atoms with Crippen molar-refractivity contribution in [2.24, 2.45) is 5.92 Å². The Hall–Kier alpha value is -3.02. The lowest BCUT2D eigenvalue weighted by Crippen LogP contribution is -2.15. The lowest BCUT2D eigenvalue weighted by Gasteiger charge is -2.06. The molecule has 2 aromatic carbocycles. The van der Waals surface area contributed by atoms with Crippen molar-refractivity contribution in [3.8, 4) is 17.4 Å². The number of hydrogen-bond acceptors (Lipinski definition) is 4. The fourth-order valence-electron chi connectivity index (χ4n) is 2.45. The smallest absolute Gasteiger partial charge is 0.336 e. The van der Waals surface area contributed by atoms with E-state index in [-0.39, 0.29) is 6.01 Å². The molecule has 0 aliphatic rings. The van der Waals surface area contributed by atoms with Crippen LogP contribution >= 0.6 is 0 Å². The summed E-state index contributed by atoms with van der Waals surface area (Å²) in [5, 5.41) is 4.24. The van der Waals surface area contributed by atoms with E-state index in [2.05, 4.69) is 10.1 Å². The maximum absolute atomic E-state index is 13.2. The number of aromatic nitrogens is 3. The Labute approximate surface area is 151 Å². The Kier molecular flexibility index (Phi) is 5.11. The standard InChI is InChI=1S/C20H20FN3O2/c1-13(2)12-26-20-22-18(17-7-5-4-6-14(17)3)24(23-20)19(25)15-8-10-16(21)11-9-15/h4-11,13H,12H2,1-3H3. The molecule has 0 saturated carbocycles. The molecular formula is C20H20FN3O2. The first-order valence-corrected chi connectivity index (χ1v) is 8.42. The van der Waals surface area contributed by atoms with Crippen LogP contribution in [0.15, 0.2) is 48.5 Å². The molecule has 134 valence electrons. The van der Waals surface area contributed by atoms with Crippen LogP contribution in [-0.4, -0.2) is 27.3 Å². The van der Waals surface area contributed by atoms with Gasteiger partial charge in [-0.15, -0.1) is 5.10 Å². The van der Waals surface area contributed by atoms with E-state index in [4.69, 9.17) is 4.74 Å². The molecule has 0 N–H and O–H groups in total. The SMILES string of the molecule is Cc1ccccc1-c1nc(OCC(C)C)nn1C(=O)c1ccc(F)cc1. The van der Waals surface area contributed by atoms with Crippen LogP contribution in [0.25, 0.3) is 11.4 Å². The Bertz CT molecular complexity index is 917. The van der Waals surface area contributed by atoms with Gasteiger partial charge in [-0.25, -0.2) is 4.39 Å². The van der Waals surface area contributed by atoms with Gasteiger partial charge >= 0.3 is 6.01 Å². The number of hydrogen-bond donors (Lipinski definition) is 0. The van der Waals surface area contributed by atoms with Crippen LogP contribution in [-0.2, 0) is 0 Å². The molecule has 0 aliphatic heterocycles. The molecule has 1 heterocycles. The van der Waals surface area contributed by atoms with Crippen molar-refractivity contribution < 1.29 is 13.9 Å². The first-order chi connectivity index (χ1) is 12.5. The molecule has 0 unspecified atom stereocenters. The van der Waals surface area contributed by atoms with Crippen LogP contribution in [0, 0.1) is 18.7 Å². The zero-order chi connectivity index (χ0) is 18.7. The predicted octanol–water partition coefficient (Wildman–Crippen LogP) is 4.12. The van der Waals surface area contributed by atoms with Crippen molar-refractivity contribution in [2.45, 2.75) is 20.8 Å². The second-order valence-electron chi connectivity index (χ2n) is 6.46. The normalized spacial score (nSPS) is 11.0. The minimum Gasteiger partial charge on any atom is -0.462 e. The number of nitrogens with zero attached hydrogens (tertiary/aromatic N) is 3. The summed E-state index contributed by atoms with van der Waals surface area (Å²) in [4.78, 5) is 17.3. The molecule has 6 heteroatoms. The van der Waals surface area contributed by atoms with Gasteiger partial charge in [0.1, 0.15) is 5.82 Å². The Morgan fingerprint density at radius 1 is 1.15 bits per heavy atom. The number of aryl methyl sites for hydroxylation is 1. The van der Waals surface area contributed by atoms with Crippen molar-refractivity contribution in [1.29, 1.82) is 0 Å². The van der Waals surface area contributed by atoms with Crippen molar-refractivity contribution in [1.82, 2.24) is 14.8 Å². The average molecular weight is 353 g/mol. The van der Waals surface area contributed by atoms with Gasteiger partial charge in [0.05, 0.1) is 6.61 Å². The summed E-state index contributed by atoms with van der Waals surface area (Å²) in [5.41, 5.74) is 2.07. The third-order valence-corrected chi connectivity index (χ3v) is 3.80. The summed E-state index contributed by atoms with van der Waals surface area (Å²) in [5.74, 6) is -0.0942. The first-order valence-electron chi connectivity index (χ1n) is 8.42. The second-order valence-corrected chi connectivity index (χ2v) is 6.46. The molecule has 0 fully saturated rings. The fraction of sp³-hybridized carbons (Fsp3) is 0.250. The van der Waals surface area contributed by atoms with Crippen molar-refractivity contribution >= 4 is 5.91 Å². The van der Waals surface area contributed by atoms with Gasteiger partial charge in [-0.05, 0) is 42.7 Å². The lowest BCUT2D eigenvalue weighted by atomic mass is 10.1. The molecule has 26 heavy (non-hydrogen) atoms. The minimum absolute atomic E-state index is 0.146. The van der Waals surface area contributed by atoms with E-state index >= 15 is 0 Å². The van der Waals surface area contributed by atoms with Gasteiger partial charge in [0.25, 0.3) is 5.91 Å². The molecule has 0 saturated heterocycles. The molecule has 5 nitrogen and oxygen atoms in total. The van der Waals surface area contributed by atoms with Gasteiger partial charge in [0, 0.05) is 11.1 Å². The van der Waals surface area contributed by atoms with Crippen LogP contribution in [0.2, 0.25) is 0 Å². The van der Waals surface area contributed by atoms with Gasteiger partial charge in [0.15, 0.2) is 5.82 Å². The summed E-state index contributed by atoms with van der Waals surface area (Å²) in [6, 6.07) is 13.1. The molecule has 0 bridgehead atoms. The first kappa shape index (κ1) is 17.8. The van der Waals surface area contributed by atoms with Crippen molar-refractivity contribution in [3.63, 3.8) is 0 Å². The van der Waals surface area contributed by atoms with Gasteiger partial charge in [-0.2, -0.15) is 9.67 Å². The monoisotopic (exact) mass is 353 g/mol. The highest BCUT2D eigenvalue weighted by Crippen LogP contribution is 2.24. The van der Waals surface area contributed by atoms with Gasteiger partial charge < -0.3 is 4.74 Å². The Balaban J connectivity index is 2.05. The fourth-order valence-corrected chi connectivity index (χ4v) is 2.45. The van der Waals surface area contributed by atoms with Crippen LogP contribution in [0.3, 0.4) is 0 Å². The highest BCUT2D eigenvalue weighted by Gasteiger charge is 2.21. The third-order valence-electron chi connectivity index (χ3n) is 3.80. The topological polar surface area (TPSA) is 57.0 Å². The maximum atomic E-state index is 13.2. The number of halogens is 1. The molecule has 1 aromatic heterocycles. The van der Waals surface area contributed by atoms with Gasteiger partial charge in [0.2, 0.25) is 0 Å². The van der Waals surface area contributed by atoms with E-state index in [1.54, 1.807) is 0 Å². The Morgan fingerprint density at radius 2 is 1.85 bits per heavy atom.